The fourth-order valence-corrected chi connectivity index (χ4v) is 5.91. The minimum atomic E-state index is 0.0972. The Kier molecular flexibility index (Phi) is 13.1. The summed E-state index contributed by atoms with van der Waals surface area (Å²) in [5, 5.41) is 0. The maximum atomic E-state index is 6.51. The van der Waals surface area contributed by atoms with E-state index < -0.39 is 0 Å². The van der Waals surface area contributed by atoms with Crippen molar-refractivity contribution in [3.63, 3.8) is 0 Å². The standard InChI is InChI=1S/C33H51BrN6O/c1-7-11-13-17-33(6,16-12-8-2)23-41-32-38-28-21-27(34)30(37-24(5)9-3)26(10-4)29(28)31(39-32)40-20-14-19-36-25(22-40)15-18-35/h10,15,18,21,24H,7-9,11-14,16-17,19-20,22-23,35H2,1-6H3/b18-15-,26-10-,37-30?. The number of aromatic nitrogens is 2. The molecule has 0 spiro atoms. The Morgan fingerprint density at radius 1 is 1.17 bits per heavy atom. The quantitative estimate of drug-likeness (QED) is 0.210. The molecule has 0 aromatic carbocycles. The summed E-state index contributed by atoms with van der Waals surface area (Å²) in [6.07, 6.45) is 17.9. The number of anilines is 1. The molecule has 0 bridgehead atoms. The molecule has 41 heavy (non-hydrogen) atoms. The molecular weight excluding hydrogens is 576 g/mol. The Bertz CT molecular complexity index is 1170. The van der Waals surface area contributed by atoms with Crippen molar-refractivity contribution >= 4 is 44.8 Å². The summed E-state index contributed by atoms with van der Waals surface area (Å²) in [5.74, 6) is 0.868. The van der Waals surface area contributed by atoms with E-state index >= 15 is 0 Å². The second kappa shape index (κ2) is 16.2. The molecule has 1 aromatic rings. The normalized spacial score (nSPS) is 20.0. The van der Waals surface area contributed by atoms with Gasteiger partial charge in [0.2, 0.25) is 0 Å². The third-order valence-corrected chi connectivity index (χ3v) is 8.65. The van der Waals surface area contributed by atoms with Gasteiger partial charge in [-0.2, -0.15) is 9.97 Å². The van der Waals surface area contributed by atoms with Gasteiger partial charge in [-0.3, -0.25) is 9.98 Å². The lowest BCUT2D eigenvalue weighted by Crippen LogP contribution is -2.32. The maximum Gasteiger partial charge on any atom is 0.318 e. The van der Waals surface area contributed by atoms with Gasteiger partial charge < -0.3 is 15.4 Å². The van der Waals surface area contributed by atoms with E-state index in [-0.39, 0.29) is 11.5 Å². The number of fused-ring (bicyclic) bond motifs is 1. The Morgan fingerprint density at radius 3 is 2.61 bits per heavy atom. The molecule has 7 nitrogen and oxygen atoms in total. The third kappa shape index (κ3) is 9.00. The topological polar surface area (TPSA) is 89.0 Å². The fourth-order valence-electron chi connectivity index (χ4n) is 5.38. The number of nitrogens with zero attached hydrogens (tertiary/aromatic N) is 5. The molecule has 2 heterocycles. The van der Waals surface area contributed by atoms with Crippen molar-refractivity contribution in [2.24, 2.45) is 21.1 Å². The number of halogens is 1. The molecule has 2 aliphatic rings. The Hall–Kier alpha value is -2.48. The van der Waals surface area contributed by atoms with Crippen LogP contribution in [-0.2, 0) is 0 Å². The summed E-state index contributed by atoms with van der Waals surface area (Å²) >= 11 is 3.82. The van der Waals surface area contributed by atoms with Crippen molar-refractivity contribution in [1.82, 2.24) is 9.97 Å². The number of hydrogen-bond donors (Lipinski definition) is 1. The second-order valence-electron chi connectivity index (χ2n) is 11.7. The highest BCUT2D eigenvalue weighted by atomic mass is 79.9. The zero-order valence-electron chi connectivity index (χ0n) is 26.2. The van der Waals surface area contributed by atoms with Crippen LogP contribution >= 0.6 is 15.9 Å². The Balaban J connectivity index is 2.09. The number of allylic oxidation sites excluding steroid dienone is 3. The van der Waals surface area contributed by atoms with Crippen LogP contribution in [0.4, 0.5) is 5.82 Å². The van der Waals surface area contributed by atoms with Crippen LogP contribution in [-0.4, -0.2) is 53.7 Å². The number of ether oxygens (including phenoxy) is 1. The lowest BCUT2D eigenvalue weighted by Gasteiger charge is -2.31. The summed E-state index contributed by atoms with van der Waals surface area (Å²) in [7, 11) is 0. The van der Waals surface area contributed by atoms with Gasteiger partial charge in [-0.25, -0.2) is 0 Å². The van der Waals surface area contributed by atoms with Crippen molar-refractivity contribution in [2.45, 2.75) is 105 Å². The molecule has 226 valence electrons. The van der Waals surface area contributed by atoms with Gasteiger partial charge in [0.25, 0.3) is 0 Å². The van der Waals surface area contributed by atoms with Gasteiger partial charge in [0.1, 0.15) is 5.82 Å². The number of aliphatic imine (C=N–C) groups is 2. The van der Waals surface area contributed by atoms with E-state index in [4.69, 9.17) is 30.4 Å². The Morgan fingerprint density at radius 2 is 1.93 bits per heavy atom. The molecule has 0 saturated carbocycles. The van der Waals surface area contributed by atoms with E-state index in [1.165, 1.54) is 32.1 Å². The predicted molar refractivity (Wildman–Crippen MR) is 180 cm³/mol. The molecule has 2 atom stereocenters. The zero-order valence-corrected chi connectivity index (χ0v) is 27.8. The maximum absolute atomic E-state index is 6.51. The van der Waals surface area contributed by atoms with Crippen molar-refractivity contribution in [3.05, 3.63) is 34.1 Å². The summed E-state index contributed by atoms with van der Waals surface area (Å²) in [6, 6.07) is 0.637. The van der Waals surface area contributed by atoms with Crippen molar-refractivity contribution in [3.8, 4) is 6.01 Å². The number of rotatable bonds is 14. The van der Waals surface area contributed by atoms with Gasteiger partial charge in [-0.1, -0.05) is 65.9 Å². The molecule has 0 fully saturated rings. The van der Waals surface area contributed by atoms with Crippen LogP contribution in [0.25, 0.3) is 11.6 Å². The highest BCUT2D eigenvalue weighted by Crippen LogP contribution is 2.40. The van der Waals surface area contributed by atoms with Crippen LogP contribution < -0.4 is 15.4 Å². The first-order chi connectivity index (χ1) is 19.8. The second-order valence-corrected chi connectivity index (χ2v) is 12.5. The highest BCUT2D eigenvalue weighted by molar-refractivity contribution is 9.12. The van der Waals surface area contributed by atoms with Gasteiger partial charge in [0.15, 0.2) is 0 Å². The van der Waals surface area contributed by atoms with Gasteiger partial charge in [0.05, 0.1) is 35.8 Å². The van der Waals surface area contributed by atoms with Crippen LogP contribution in [0.2, 0.25) is 0 Å². The SMILES string of the molecule is C/C=C1\C(=NC(C)CC)C(Br)=Cc2nc(OCC(C)(CCCC)CCCCC)nc(N3CCCN=C(/C=C\N)C3)c21. The van der Waals surface area contributed by atoms with E-state index in [1.54, 1.807) is 6.20 Å². The van der Waals surface area contributed by atoms with Crippen LogP contribution in [0, 0.1) is 5.41 Å². The molecule has 0 saturated heterocycles. The van der Waals surface area contributed by atoms with E-state index in [2.05, 4.69) is 74.5 Å². The molecule has 0 radical (unpaired) electrons. The molecule has 2 unspecified atom stereocenters. The average molecular weight is 628 g/mol. The first-order valence-corrected chi connectivity index (χ1v) is 16.4. The average Bonchev–Trinajstić information content (AvgIpc) is 3.21. The van der Waals surface area contributed by atoms with Gasteiger partial charge in [-0.15, -0.1) is 0 Å². The molecule has 1 aliphatic heterocycles. The molecule has 1 aromatic heterocycles. The molecular formula is C33H51BrN6O. The summed E-state index contributed by atoms with van der Waals surface area (Å²) in [4.78, 5) is 22.2. The minimum absolute atomic E-state index is 0.0972. The first kappa shape index (κ1) is 33.0. The highest BCUT2D eigenvalue weighted by Gasteiger charge is 2.31. The van der Waals surface area contributed by atoms with Crippen molar-refractivity contribution < 1.29 is 4.74 Å². The zero-order chi connectivity index (χ0) is 29.8. The first-order valence-electron chi connectivity index (χ1n) is 15.6. The summed E-state index contributed by atoms with van der Waals surface area (Å²) in [6.45, 7) is 16.1. The van der Waals surface area contributed by atoms with Crippen LogP contribution in [0.5, 0.6) is 6.01 Å². The van der Waals surface area contributed by atoms with E-state index in [1.807, 2.05) is 6.08 Å². The summed E-state index contributed by atoms with van der Waals surface area (Å²) in [5.41, 5.74) is 10.6. The van der Waals surface area contributed by atoms with E-state index in [0.29, 0.717) is 19.2 Å². The van der Waals surface area contributed by atoms with Crippen LogP contribution in [0.1, 0.15) is 111 Å². The number of hydrogen-bond acceptors (Lipinski definition) is 7. The smallest absolute Gasteiger partial charge is 0.318 e. The van der Waals surface area contributed by atoms with Gasteiger partial charge in [0, 0.05) is 34.6 Å². The Labute approximate surface area is 256 Å². The van der Waals surface area contributed by atoms with Crippen LogP contribution in [0.15, 0.2) is 32.8 Å². The monoisotopic (exact) mass is 626 g/mol. The molecule has 8 heteroatoms. The largest absolute Gasteiger partial charge is 0.463 e. The van der Waals surface area contributed by atoms with Gasteiger partial charge >= 0.3 is 6.01 Å². The summed E-state index contributed by atoms with van der Waals surface area (Å²) < 4.78 is 7.44. The lowest BCUT2D eigenvalue weighted by molar-refractivity contribution is 0.126. The number of unbranched alkanes of at least 4 members (excludes halogenated alkanes) is 3. The molecule has 0 amide bonds. The fraction of sp³-hybridized carbons (Fsp3) is 0.636. The third-order valence-electron chi connectivity index (χ3n) is 8.05. The molecule has 2 N–H and O–H groups in total. The molecule has 1 aliphatic carbocycles. The van der Waals surface area contributed by atoms with E-state index in [9.17, 15) is 0 Å². The lowest BCUT2D eigenvalue weighted by atomic mass is 9.81. The predicted octanol–water partition coefficient (Wildman–Crippen LogP) is 8.15. The number of nitrogens with two attached hydrogens (primary N) is 1. The molecule has 3 rings (SSSR count). The van der Waals surface area contributed by atoms with Crippen molar-refractivity contribution in [1.29, 1.82) is 0 Å². The van der Waals surface area contributed by atoms with Crippen molar-refractivity contribution in [2.75, 3.05) is 31.1 Å². The van der Waals surface area contributed by atoms with Crippen LogP contribution in [0.3, 0.4) is 0 Å². The minimum Gasteiger partial charge on any atom is -0.463 e. The van der Waals surface area contributed by atoms with Gasteiger partial charge in [-0.05, 0) is 73.8 Å². The van der Waals surface area contributed by atoms with E-state index in [0.717, 1.165) is 77.3 Å².